The van der Waals surface area contributed by atoms with E-state index < -0.39 is 0 Å². The fourth-order valence-electron chi connectivity index (χ4n) is 4.16. The molecule has 0 saturated heterocycles. The number of methoxy groups -OCH3 is 3. The molecule has 0 spiro atoms. The van der Waals surface area contributed by atoms with Gasteiger partial charge in [0.05, 0.1) is 21.3 Å². The Morgan fingerprint density at radius 1 is 1.00 bits per heavy atom. The molecule has 0 aromatic heterocycles. The maximum Gasteiger partial charge on any atom is 0.162 e. The van der Waals surface area contributed by atoms with E-state index in [0.717, 1.165) is 46.5 Å². The first-order chi connectivity index (χ1) is 12.6. The summed E-state index contributed by atoms with van der Waals surface area (Å²) in [6.07, 6.45) is 1.78. The number of hydrogen-bond donors (Lipinski definition) is 1. The maximum absolute atomic E-state index is 10.6. The Morgan fingerprint density at radius 3 is 2.38 bits per heavy atom. The quantitative estimate of drug-likeness (QED) is 0.818. The Labute approximate surface area is 161 Å². The zero-order valence-corrected chi connectivity index (χ0v) is 16.7. The molecule has 2 heterocycles. The van der Waals surface area contributed by atoms with E-state index in [1.165, 1.54) is 11.1 Å². The van der Waals surface area contributed by atoms with E-state index >= 15 is 0 Å². The number of fused-ring (bicyclic) bond motifs is 4. The van der Waals surface area contributed by atoms with Crippen molar-refractivity contribution in [2.24, 2.45) is 0 Å². The van der Waals surface area contributed by atoms with Crippen LogP contribution in [0.25, 0.3) is 0 Å². The van der Waals surface area contributed by atoms with Crippen molar-refractivity contribution in [2.45, 2.75) is 25.4 Å². The zero-order valence-electron chi connectivity index (χ0n) is 15.1. The van der Waals surface area contributed by atoms with Crippen LogP contribution in [0.1, 0.15) is 28.3 Å². The van der Waals surface area contributed by atoms with Crippen molar-refractivity contribution in [1.29, 1.82) is 0 Å². The van der Waals surface area contributed by atoms with E-state index in [-0.39, 0.29) is 11.8 Å². The number of hydrogen-bond acceptors (Lipinski definition) is 5. The molecule has 6 heteroatoms. The molecule has 0 amide bonds. The molecule has 2 aromatic carbocycles. The molecule has 5 nitrogen and oxygen atoms in total. The molecule has 4 rings (SSSR count). The first kappa shape index (κ1) is 17.5. The Morgan fingerprint density at radius 2 is 1.69 bits per heavy atom. The van der Waals surface area contributed by atoms with Crippen molar-refractivity contribution >= 4 is 15.9 Å². The molecule has 2 aliphatic heterocycles. The molecule has 26 heavy (non-hydrogen) atoms. The number of phenols is 1. The highest BCUT2D eigenvalue weighted by molar-refractivity contribution is 9.10. The number of nitrogens with zero attached hydrogens (tertiary/aromatic N) is 1. The van der Waals surface area contributed by atoms with E-state index in [4.69, 9.17) is 14.2 Å². The second-order valence-corrected chi connectivity index (χ2v) is 7.57. The van der Waals surface area contributed by atoms with Crippen LogP contribution in [0.3, 0.4) is 0 Å². The molecule has 0 radical (unpaired) electrons. The van der Waals surface area contributed by atoms with Gasteiger partial charge in [-0.25, -0.2) is 0 Å². The Kier molecular flexibility index (Phi) is 4.49. The molecule has 0 saturated carbocycles. The summed E-state index contributed by atoms with van der Waals surface area (Å²) >= 11 is 3.66. The number of benzene rings is 2. The number of halogens is 1. The molecule has 2 aliphatic rings. The molecule has 138 valence electrons. The molecule has 2 aromatic rings. The SMILES string of the molecule is COc1cc2c(cc1OC)C1Cc3c(Br)cc(OC)c(O)c3CN1CC2. The number of ether oxygens (including phenoxy) is 3. The lowest BCUT2D eigenvalue weighted by molar-refractivity contribution is 0.157. The standard InChI is InChI=1S/C20H22BrNO4/c1-24-17-6-11-4-5-22-10-14-13(15(21)9-19(26-3)20(14)23)7-16(22)12(11)8-18(17)25-2/h6,8-9,16,23H,4-5,7,10H2,1-3H3. The van der Waals surface area contributed by atoms with Gasteiger partial charge in [-0.05, 0) is 47.7 Å². The summed E-state index contributed by atoms with van der Waals surface area (Å²) in [7, 11) is 4.92. The fourth-order valence-corrected chi connectivity index (χ4v) is 4.77. The number of phenolic OH excluding ortho intramolecular Hbond substituents is 1. The van der Waals surface area contributed by atoms with Gasteiger partial charge in [0.25, 0.3) is 0 Å². The highest BCUT2D eigenvalue weighted by atomic mass is 79.9. The average molecular weight is 420 g/mol. The number of aromatic hydroxyl groups is 1. The van der Waals surface area contributed by atoms with Crippen molar-refractivity contribution in [2.75, 3.05) is 27.9 Å². The maximum atomic E-state index is 10.6. The smallest absolute Gasteiger partial charge is 0.162 e. The predicted molar refractivity (Wildman–Crippen MR) is 102 cm³/mol. The summed E-state index contributed by atoms with van der Waals surface area (Å²) in [6.45, 7) is 1.65. The molecule has 1 atom stereocenters. The zero-order chi connectivity index (χ0) is 18.4. The Hall–Kier alpha value is -1.92. The van der Waals surface area contributed by atoms with Crippen LogP contribution in [-0.2, 0) is 19.4 Å². The van der Waals surface area contributed by atoms with Crippen LogP contribution in [0.4, 0.5) is 0 Å². The summed E-state index contributed by atoms with van der Waals surface area (Å²) in [5.41, 5.74) is 4.69. The molecule has 0 fully saturated rings. The fraction of sp³-hybridized carbons (Fsp3) is 0.400. The van der Waals surface area contributed by atoms with Crippen LogP contribution in [0.5, 0.6) is 23.0 Å². The van der Waals surface area contributed by atoms with Gasteiger partial charge in [0.2, 0.25) is 0 Å². The van der Waals surface area contributed by atoms with Gasteiger partial charge in [-0.2, -0.15) is 0 Å². The predicted octanol–water partition coefficient (Wildman–Crippen LogP) is 3.84. The van der Waals surface area contributed by atoms with E-state index in [1.807, 2.05) is 6.07 Å². The lowest BCUT2D eigenvalue weighted by atomic mass is 9.83. The van der Waals surface area contributed by atoms with Crippen molar-refractivity contribution in [3.63, 3.8) is 0 Å². The van der Waals surface area contributed by atoms with Gasteiger partial charge >= 0.3 is 0 Å². The normalized spacial score (nSPS) is 18.5. The van der Waals surface area contributed by atoms with Gasteiger partial charge < -0.3 is 19.3 Å². The van der Waals surface area contributed by atoms with Crippen LogP contribution in [0.2, 0.25) is 0 Å². The van der Waals surface area contributed by atoms with Gasteiger partial charge in [-0.1, -0.05) is 15.9 Å². The summed E-state index contributed by atoms with van der Waals surface area (Å²) in [6, 6.07) is 6.31. The first-order valence-electron chi connectivity index (χ1n) is 8.63. The third-order valence-electron chi connectivity index (χ3n) is 5.52. The molecule has 0 aliphatic carbocycles. The van der Waals surface area contributed by atoms with Crippen LogP contribution in [-0.4, -0.2) is 37.9 Å². The Balaban J connectivity index is 1.80. The Bertz CT molecular complexity index is 868. The lowest BCUT2D eigenvalue weighted by Gasteiger charge is -2.42. The molecule has 1 unspecified atom stereocenters. The van der Waals surface area contributed by atoms with Crippen molar-refractivity contribution in [1.82, 2.24) is 4.90 Å². The minimum atomic E-state index is 0.252. The average Bonchev–Trinajstić information content (AvgIpc) is 2.68. The highest BCUT2D eigenvalue weighted by Crippen LogP contribution is 2.47. The van der Waals surface area contributed by atoms with Crippen LogP contribution in [0, 0.1) is 0 Å². The van der Waals surface area contributed by atoms with Crippen molar-refractivity contribution < 1.29 is 19.3 Å². The monoisotopic (exact) mass is 419 g/mol. The van der Waals surface area contributed by atoms with E-state index in [1.54, 1.807) is 21.3 Å². The highest BCUT2D eigenvalue weighted by Gasteiger charge is 2.35. The van der Waals surface area contributed by atoms with E-state index in [0.29, 0.717) is 12.3 Å². The van der Waals surface area contributed by atoms with Gasteiger partial charge in [-0.15, -0.1) is 0 Å². The van der Waals surface area contributed by atoms with E-state index in [9.17, 15) is 5.11 Å². The third kappa shape index (κ3) is 2.63. The minimum absolute atomic E-state index is 0.252. The largest absolute Gasteiger partial charge is 0.504 e. The van der Waals surface area contributed by atoms with Crippen LogP contribution < -0.4 is 14.2 Å². The summed E-state index contributed by atoms with van der Waals surface area (Å²) in [4.78, 5) is 2.42. The van der Waals surface area contributed by atoms with Crippen molar-refractivity contribution in [3.05, 3.63) is 44.9 Å². The molecule has 1 N–H and O–H groups in total. The van der Waals surface area contributed by atoms with Crippen molar-refractivity contribution in [3.8, 4) is 23.0 Å². The van der Waals surface area contributed by atoms with Gasteiger partial charge in [-0.3, -0.25) is 4.90 Å². The molecular weight excluding hydrogens is 398 g/mol. The molecular formula is C20H22BrNO4. The summed E-state index contributed by atoms with van der Waals surface area (Å²) in [5.74, 6) is 2.30. The van der Waals surface area contributed by atoms with Crippen LogP contribution >= 0.6 is 15.9 Å². The molecule has 0 bridgehead atoms. The summed E-state index contributed by atoms with van der Waals surface area (Å²) in [5, 5.41) is 10.6. The van der Waals surface area contributed by atoms with E-state index in [2.05, 4.69) is 33.0 Å². The minimum Gasteiger partial charge on any atom is -0.504 e. The number of rotatable bonds is 3. The van der Waals surface area contributed by atoms with Gasteiger partial charge in [0.1, 0.15) is 0 Å². The lowest BCUT2D eigenvalue weighted by Crippen LogP contribution is -2.39. The second kappa shape index (κ2) is 6.67. The van der Waals surface area contributed by atoms with Crippen LogP contribution in [0.15, 0.2) is 22.7 Å². The topological polar surface area (TPSA) is 51.2 Å². The summed E-state index contributed by atoms with van der Waals surface area (Å²) < 4.78 is 17.3. The first-order valence-corrected chi connectivity index (χ1v) is 9.42. The van der Waals surface area contributed by atoms with Gasteiger partial charge in [0, 0.05) is 29.2 Å². The van der Waals surface area contributed by atoms with Gasteiger partial charge in [0.15, 0.2) is 23.0 Å². The second-order valence-electron chi connectivity index (χ2n) is 6.71. The third-order valence-corrected chi connectivity index (χ3v) is 6.23.